The van der Waals surface area contributed by atoms with Crippen LogP contribution in [0.5, 0.6) is 5.75 Å². The van der Waals surface area contributed by atoms with Crippen molar-refractivity contribution < 1.29 is 27.8 Å². The van der Waals surface area contributed by atoms with E-state index in [2.05, 4.69) is 30.3 Å². The van der Waals surface area contributed by atoms with Gasteiger partial charge in [0.15, 0.2) is 0 Å². The van der Waals surface area contributed by atoms with E-state index >= 15 is 0 Å². The molecule has 2 unspecified atom stereocenters. The second kappa shape index (κ2) is 17.4. The van der Waals surface area contributed by atoms with Gasteiger partial charge in [0, 0.05) is 55.2 Å². The predicted octanol–water partition coefficient (Wildman–Crippen LogP) is 4.34. The molecule has 0 bridgehead atoms. The van der Waals surface area contributed by atoms with Gasteiger partial charge in [0.1, 0.15) is 61.7 Å². The van der Waals surface area contributed by atoms with Crippen LogP contribution in [0.3, 0.4) is 0 Å². The van der Waals surface area contributed by atoms with E-state index in [1.54, 1.807) is 0 Å². The molecule has 1 amide bonds. The van der Waals surface area contributed by atoms with Crippen LogP contribution < -0.4 is 31.3 Å². The van der Waals surface area contributed by atoms with E-state index in [1.807, 2.05) is 92.7 Å². The SMILES string of the molecule is CC(NC(C(N)=O)c1ccccc1)[C@H](C)n1ncn(-c2ccc(N3CCN(c4ccc(OC[C@@H]5CO[C@](Cn6cncn6)(c6ccc(F)cc6F)O5)cc4)CC3)cc2)c1=O. The molecule has 312 valence electrons. The van der Waals surface area contributed by atoms with Gasteiger partial charge in [-0.3, -0.25) is 10.1 Å². The summed E-state index contributed by atoms with van der Waals surface area (Å²) in [7, 11) is 0. The first-order chi connectivity index (χ1) is 29.1. The lowest BCUT2D eigenvalue weighted by Crippen LogP contribution is -2.46. The smallest absolute Gasteiger partial charge is 0.350 e. The molecule has 5 atom stereocenters. The van der Waals surface area contributed by atoms with Gasteiger partial charge in [-0.1, -0.05) is 30.3 Å². The molecule has 2 fully saturated rings. The number of primary amides is 1. The van der Waals surface area contributed by atoms with Gasteiger partial charge in [0.05, 0.1) is 18.3 Å². The number of carbonyl (C=O) groups excluding carboxylic acids is 1. The van der Waals surface area contributed by atoms with Crippen LogP contribution in [-0.2, 0) is 26.6 Å². The minimum Gasteiger partial charge on any atom is -0.491 e. The number of nitrogens with two attached hydrogens (primary N) is 1. The lowest BCUT2D eigenvalue weighted by molar-refractivity contribution is -0.192. The Labute approximate surface area is 344 Å². The molecule has 0 radical (unpaired) electrons. The number of anilines is 2. The Morgan fingerprint density at radius 3 is 2.20 bits per heavy atom. The molecular weight excluding hydrogens is 775 g/mol. The van der Waals surface area contributed by atoms with Gasteiger partial charge in [-0.05, 0) is 80.1 Å². The highest BCUT2D eigenvalue weighted by Crippen LogP contribution is 2.38. The third-order valence-electron chi connectivity index (χ3n) is 11.1. The standard InChI is InChI=1S/C43H46F2N10O5/c1-29(50-40(41(46)56)31-6-4-3-5-7-31)30(2)55-42(57)54(28-49-55)35-11-9-33(10-12-35)51-18-20-52(21-19-51)34-13-15-36(16-14-34)58-23-37-24-59-43(60-37,25-53-27-47-26-48-53)38-17-8-32(44)22-39(38)45/h3-17,22,26-30,37,40,50H,18-21,23-25H2,1-2H3,(H2,46,56)/t29?,30-,37+,40?,43-/m0/s1. The van der Waals surface area contributed by atoms with Crippen LogP contribution in [0.25, 0.3) is 5.69 Å². The molecule has 15 nitrogen and oxygen atoms in total. The van der Waals surface area contributed by atoms with E-state index in [-0.39, 0.29) is 43.1 Å². The average molecular weight is 821 g/mol. The average Bonchev–Trinajstić information content (AvgIpc) is 4.03. The zero-order valence-corrected chi connectivity index (χ0v) is 33.2. The lowest BCUT2D eigenvalue weighted by atomic mass is 10.0. The van der Waals surface area contributed by atoms with Gasteiger partial charge >= 0.3 is 5.69 Å². The Balaban J connectivity index is 0.830. The summed E-state index contributed by atoms with van der Waals surface area (Å²) in [6, 6.07) is 26.9. The van der Waals surface area contributed by atoms with E-state index < -0.39 is 35.5 Å². The summed E-state index contributed by atoms with van der Waals surface area (Å²) in [6.07, 6.45) is 3.82. The van der Waals surface area contributed by atoms with Gasteiger partial charge in [0.25, 0.3) is 0 Å². The van der Waals surface area contributed by atoms with Crippen molar-refractivity contribution in [3.05, 3.63) is 149 Å². The maximum atomic E-state index is 14.9. The van der Waals surface area contributed by atoms with Gasteiger partial charge in [-0.2, -0.15) is 10.2 Å². The zero-order chi connectivity index (χ0) is 41.8. The number of carbonyl (C=O) groups is 1. The largest absolute Gasteiger partial charge is 0.491 e. The summed E-state index contributed by atoms with van der Waals surface area (Å²) in [6.45, 7) is 7.29. The number of piperazine rings is 1. The summed E-state index contributed by atoms with van der Waals surface area (Å²) >= 11 is 0. The van der Waals surface area contributed by atoms with Crippen LogP contribution in [0.1, 0.15) is 37.1 Å². The normalized spacial score (nSPS) is 19.6. The molecule has 4 aromatic carbocycles. The fraction of sp³-hybridized carbons (Fsp3) is 0.326. The molecule has 2 saturated heterocycles. The first-order valence-corrected chi connectivity index (χ1v) is 19.8. The highest BCUT2D eigenvalue weighted by Gasteiger charge is 2.46. The number of hydrogen-bond donors (Lipinski definition) is 2. The Kier molecular flexibility index (Phi) is 11.7. The fourth-order valence-corrected chi connectivity index (χ4v) is 7.65. The monoisotopic (exact) mass is 820 g/mol. The molecule has 17 heteroatoms. The van der Waals surface area contributed by atoms with Crippen molar-refractivity contribution in [2.45, 2.75) is 50.4 Å². The number of hydrogen-bond acceptors (Lipinski definition) is 11. The zero-order valence-electron chi connectivity index (χ0n) is 33.2. The Morgan fingerprint density at radius 2 is 1.57 bits per heavy atom. The van der Waals surface area contributed by atoms with E-state index in [4.69, 9.17) is 19.9 Å². The van der Waals surface area contributed by atoms with Gasteiger partial charge in [0.2, 0.25) is 11.7 Å². The molecule has 3 N–H and O–H groups in total. The van der Waals surface area contributed by atoms with Crippen LogP contribution in [0.4, 0.5) is 20.2 Å². The van der Waals surface area contributed by atoms with Crippen LogP contribution in [0, 0.1) is 11.6 Å². The Bertz CT molecular complexity index is 2420. The third-order valence-corrected chi connectivity index (χ3v) is 11.1. The molecule has 8 rings (SSSR count). The molecule has 0 saturated carbocycles. The summed E-state index contributed by atoms with van der Waals surface area (Å²) in [5, 5.41) is 11.8. The number of amides is 1. The van der Waals surface area contributed by atoms with Crippen molar-refractivity contribution in [2.24, 2.45) is 5.73 Å². The summed E-state index contributed by atoms with van der Waals surface area (Å²) in [4.78, 5) is 34.3. The van der Waals surface area contributed by atoms with Crippen molar-refractivity contribution in [2.75, 3.05) is 49.2 Å². The number of rotatable bonds is 15. The van der Waals surface area contributed by atoms with Crippen molar-refractivity contribution in [1.29, 1.82) is 0 Å². The fourth-order valence-electron chi connectivity index (χ4n) is 7.65. The number of nitrogens with zero attached hydrogens (tertiary/aromatic N) is 8. The predicted molar refractivity (Wildman–Crippen MR) is 219 cm³/mol. The molecule has 0 spiro atoms. The Hall–Kier alpha value is -6.43. The minimum atomic E-state index is -1.53. The highest BCUT2D eigenvalue weighted by molar-refractivity contribution is 5.81. The molecular formula is C43H46F2N10O5. The van der Waals surface area contributed by atoms with E-state index in [0.717, 1.165) is 49.2 Å². The molecule has 60 heavy (non-hydrogen) atoms. The maximum absolute atomic E-state index is 14.9. The third kappa shape index (κ3) is 8.64. The molecule has 2 aliphatic rings. The summed E-state index contributed by atoms with van der Waals surface area (Å²) in [5.74, 6) is -2.86. The number of nitrogens with one attached hydrogen (secondary N) is 1. The van der Waals surface area contributed by atoms with Crippen LogP contribution in [0.2, 0.25) is 0 Å². The second-order valence-corrected chi connectivity index (χ2v) is 15.0. The van der Waals surface area contributed by atoms with E-state index in [0.29, 0.717) is 11.4 Å². The maximum Gasteiger partial charge on any atom is 0.350 e. The first kappa shape index (κ1) is 40.4. The first-order valence-electron chi connectivity index (χ1n) is 19.8. The van der Waals surface area contributed by atoms with Crippen molar-refractivity contribution >= 4 is 17.3 Å². The van der Waals surface area contributed by atoms with Gasteiger partial charge in [-0.25, -0.2) is 32.5 Å². The topological polar surface area (TPSA) is 160 Å². The summed E-state index contributed by atoms with van der Waals surface area (Å²) in [5.41, 5.74) is 9.06. The van der Waals surface area contributed by atoms with Crippen molar-refractivity contribution in [3.63, 3.8) is 0 Å². The van der Waals surface area contributed by atoms with Crippen LogP contribution in [-0.4, -0.2) is 86.6 Å². The number of benzene rings is 4. The number of aromatic nitrogens is 6. The van der Waals surface area contributed by atoms with Crippen molar-refractivity contribution in [3.8, 4) is 11.4 Å². The van der Waals surface area contributed by atoms with E-state index in [9.17, 15) is 18.4 Å². The van der Waals surface area contributed by atoms with Crippen LogP contribution >= 0.6 is 0 Å². The molecule has 2 aromatic heterocycles. The van der Waals surface area contributed by atoms with Gasteiger partial charge in [-0.15, -0.1) is 0 Å². The molecule has 0 aliphatic carbocycles. The number of ether oxygens (including phenoxy) is 3. The van der Waals surface area contributed by atoms with E-state index in [1.165, 1.54) is 45.0 Å². The van der Waals surface area contributed by atoms with Crippen molar-refractivity contribution in [1.82, 2.24) is 34.4 Å². The lowest BCUT2D eigenvalue weighted by Gasteiger charge is -2.37. The molecule has 4 heterocycles. The minimum absolute atomic E-state index is 0.0175. The number of halogens is 2. The molecule has 6 aromatic rings. The quantitative estimate of drug-likeness (QED) is 0.152. The van der Waals surface area contributed by atoms with Gasteiger partial charge < -0.3 is 29.7 Å². The summed E-state index contributed by atoms with van der Waals surface area (Å²) < 4.78 is 51.4. The molecule has 2 aliphatic heterocycles. The second-order valence-electron chi connectivity index (χ2n) is 15.0. The van der Waals surface area contributed by atoms with Crippen LogP contribution in [0.15, 0.2) is 121 Å². The highest BCUT2D eigenvalue weighted by atomic mass is 19.1. The Morgan fingerprint density at radius 1 is 0.900 bits per heavy atom.